The van der Waals surface area contributed by atoms with Crippen LogP contribution in [0.1, 0.15) is 25.3 Å². The Balaban J connectivity index is 1.49. The van der Waals surface area contributed by atoms with Gasteiger partial charge in [0.15, 0.2) is 0 Å². The molecular formula is C29H28N4O7S3. The highest BCUT2D eigenvalue weighted by Gasteiger charge is 2.35. The maximum Gasteiger partial charge on any atom is 0.323 e. The molecule has 0 radical (unpaired) electrons. The van der Waals surface area contributed by atoms with E-state index in [4.69, 9.17) is 22.1 Å². The summed E-state index contributed by atoms with van der Waals surface area (Å²) in [5.74, 6) is -2.34. The van der Waals surface area contributed by atoms with Crippen LogP contribution in [-0.4, -0.2) is 80.9 Å². The van der Waals surface area contributed by atoms with Crippen molar-refractivity contribution in [2.45, 2.75) is 24.7 Å². The van der Waals surface area contributed by atoms with E-state index in [0.29, 0.717) is 29.7 Å². The number of ether oxygens (including phenoxy) is 1. The Morgan fingerprint density at radius 2 is 1.86 bits per heavy atom. The number of benzene rings is 2. The number of nitrogens with zero attached hydrogens (tertiary/aromatic N) is 4. The number of esters is 1. The molecule has 14 heteroatoms. The first-order chi connectivity index (χ1) is 20.6. The summed E-state index contributed by atoms with van der Waals surface area (Å²) in [5.41, 5.74) is 2.19. The number of rotatable bonds is 9. The number of carbonyl (C=O) groups excluding carboxylic acids is 2. The number of thiocarbonyl (C=S) groups is 1. The number of carbonyl (C=O) groups is 3. The summed E-state index contributed by atoms with van der Waals surface area (Å²) in [4.78, 5) is 37.7. The normalized spacial score (nSPS) is 17.5. The molecule has 2 aliphatic heterocycles. The van der Waals surface area contributed by atoms with Gasteiger partial charge in [0.05, 0.1) is 28.0 Å². The summed E-state index contributed by atoms with van der Waals surface area (Å²) in [6, 6.07) is 15.7. The second-order valence-electron chi connectivity index (χ2n) is 9.83. The first-order valence-electron chi connectivity index (χ1n) is 13.5. The summed E-state index contributed by atoms with van der Waals surface area (Å²) >= 11 is 6.23. The van der Waals surface area contributed by atoms with Crippen LogP contribution in [0.15, 0.2) is 70.6 Å². The molecule has 2 fully saturated rings. The topological polar surface area (TPSA) is 139 Å². The van der Waals surface area contributed by atoms with Crippen LogP contribution in [0.5, 0.6) is 0 Å². The molecule has 224 valence electrons. The molecule has 2 aromatic carbocycles. The quantitative estimate of drug-likeness (QED) is 0.209. The molecule has 1 amide bonds. The lowest BCUT2D eigenvalue weighted by atomic mass is 9.98. The van der Waals surface area contributed by atoms with E-state index in [1.165, 1.54) is 16.4 Å². The van der Waals surface area contributed by atoms with Crippen LogP contribution in [0.4, 0.5) is 0 Å². The van der Waals surface area contributed by atoms with Gasteiger partial charge in [-0.05, 0) is 50.1 Å². The van der Waals surface area contributed by atoms with Crippen LogP contribution >= 0.6 is 24.0 Å². The van der Waals surface area contributed by atoms with Gasteiger partial charge in [0.1, 0.15) is 16.6 Å². The number of para-hydroxylation sites is 1. The highest BCUT2D eigenvalue weighted by atomic mass is 32.2. The third kappa shape index (κ3) is 6.56. The number of sulfonamides is 1. The van der Waals surface area contributed by atoms with E-state index >= 15 is 0 Å². The lowest BCUT2D eigenvalue weighted by Gasteiger charge is -2.30. The molecule has 43 heavy (non-hydrogen) atoms. The average Bonchev–Trinajstić information content (AvgIpc) is 3.54. The summed E-state index contributed by atoms with van der Waals surface area (Å²) in [6.07, 6.45) is 4.06. The largest absolute Gasteiger partial charge is 0.480 e. The summed E-state index contributed by atoms with van der Waals surface area (Å²) in [7, 11) is -3.88. The molecule has 2 aliphatic rings. The predicted molar refractivity (Wildman–Crippen MR) is 165 cm³/mol. The zero-order valence-corrected chi connectivity index (χ0v) is 25.5. The Kier molecular flexibility index (Phi) is 9.11. The van der Waals surface area contributed by atoms with Gasteiger partial charge in [-0.1, -0.05) is 54.3 Å². The van der Waals surface area contributed by atoms with Gasteiger partial charge in [-0.2, -0.15) is 9.40 Å². The SMILES string of the molecule is CCOC(=O)C1CCN(S(=O)(=O)c2cccc(-c3nn(-c4ccccc4)cc3C=C3SC(=S)N(CC(=O)O)C3=O)c2)CC1. The van der Waals surface area contributed by atoms with Gasteiger partial charge in [0.2, 0.25) is 10.0 Å². The number of thioether (sulfide) groups is 1. The number of hydrogen-bond donors (Lipinski definition) is 1. The van der Waals surface area contributed by atoms with Crippen molar-refractivity contribution >= 4 is 62.2 Å². The van der Waals surface area contributed by atoms with Crippen molar-refractivity contribution in [1.29, 1.82) is 0 Å². The van der Waals surface area contributed by atoms with Crippen molar-refractivity contribution in [2.75, 3.05) is 26.2 Å². The second kappa shape index (κ2) is 12.8. The molecule has 0 unspecified atom stereocenters. The van der Waals surface area contributed by atoms with Gasteiger partial charge in [-0.15, -0.1) is 0 Å². The highest BCUT2D eigenvalue weighted by molar-refractivity contribution is 8.26. The highest BCUT2D eigenvalue weighted by Crippen LogP contribution is 2.35. The zero-order chi connectivity index (χ0) is 30.7. The zero-order valence-electron chi connectivity index (χ0n) is 23.1. The number of amides is 1. The van der Waals surface area contributed by atoms with Crippen molar-refractivity contribution in [3.8, 4) is 16.9 Å². The Hall–Kier alpha value is -3.85. The standard InChI is InChI=1S/C29H28N4O7S3/c1-2-40-28(37)19-11-13-31(14-12-19)43(38,39)23-10-6-7-20(15-23)26-21(17-33(30-26)22-8-4-3-5-9-22)16-24-27(36)32(18-25(34)35)29(41)42-24/h3-10,15-17,19H,2,11-14,18H2,1H3,(H,34,35). The van der Waals surface area contributed by atoms with E-state index in [0.717, 1.165) is 22.3 Å². The van der Waals surface area contributed by atoms with Crippen LogP contribution in [0.3, 0.4) is 0 Å². The Labute approximate surface area is 258 Å². The molecule has 1 aromatic heterocycles. The van der Waals surface area contributed by atoms with Crippen LogP contribution in [0, 0.1) is 5.92 Å². The fourth-order valence-electron chi connectivity index (χ4n) is 4.89. The molecule has 3 aromatic rings. The van der Waals surface area contributed by atoms with Crippen molar-refractivity contribution in [1.82, 2.24) is 19.0 Å². The first-order valence-corrected chi connectivity index (χ1v) is 16.1. The van der Waals surface area contributed by atoms with Crippen molar-refractivity contribution in [3.63, 3.8) is 0 Å². The maximum atomic E-state index is 13.6. The van der Waals surface area contributed by atoms with E-state index < -0.39 is 28.4 Å². The molecule has 11 nitrogen and oxygen atoms in total. The van der Waals surface area contributed by atoms with E-state index in [2.05, 4.69) is 0 Å². The molecule has 0 atom stereocenters. The summed E-state index contributed by atoms with van der Waals surface area (Å²) in [6.45, 7) is 1.87. The van der Waals surface area contributed by atoms with Crippen LogP contribution in [0.2, 0.25) is 0 Å². The van der Waals surface area contributed by atoms with Gasteiger partial charge in [-0.25, -0.2) is 13.1 Å². The number of carboxylic acids is 1. The minimum absolute atomic E-state index is 0.0765. The number of carboxylic acid groups (broad SMARTS) is 1. The van der Waals surface area contributed by atoms with Gasteiger partial charge in [0, 0.05) is 30.4 Å². The summed E-state index contributed by atoms with van der Waals surface area (Å²) in [5, 5.41) is 13.9. The molecule has 5 rings (SSSR count). The average molecular weight is 641 g/mol. The van der Waals surface area contributed by atoms with Gasteiger partial charge in [-0.3, -0.25) is 19.3 Å². The fourth-order valence-corrected chi connectivity index (χ4v) is 7.65. The van der Waals surface area contributed by atoms with E-state index in [1.54, 1.807) is 36.0 Å². The molecule has 2 saturated heterocycles. The van der Waals surface area contributed by atoms with E-state index in [9.17, 15) is 27.9 Å². The predicted octanol–water partition coefficient (Wildman–Crippen LogP) is 3.79. The van der Waals surface area contributed by atoms with Crippen LogP contribution < -0.4 is 0 Å². The number of hydrogen-bond acceptors (Lipinski definition) is 9. The second-order valence-corrected chi connectivity index (χ2v) is 13.4. The minimum Gasteiger partial charge on any atom is -0.480 e. The van der Waals surface area contributed by atoms with Gasteiger partial charge >= 0.3 is 11.9 Å². The van der Waals surface area contributed by atoms with E-state index in [1.807, 2.05) is 30.3 Å². The van der Waals surface area contributed by atoms with Crippen molar-refractivity contribution in [2.24, 2.45) is 5.92 Å². The Morgan fingerprint density at radius 1 is 1.14 bits per heavy atom. The fraction of sp³-hybridized carbons (Fsp3) is 0.276. The molecule has 0 spiro atoms. The first kappa shape index (κ1) is 30.6. The third-order valence-electron chi connectivity index (χ3n) is 7.04. The van der Waals surface area contributed by atoms with E-state index in [-0.39, 0.29) is 45.7 Å². The molecule has 0 bridgehead atoms. The van der Waals surface area contributed by atoms with Gasteiger partial charge in [0.25, 0.3) is 5.91 Å². The molecule has 0 aliphatic carbocycles. The maximum absolute atomic E-state index is 13.6. The number of aromatic nitrogens is 2. The monoisotopic (exact) mass is 640 g/mol. The van der Waals surface area contributed by atoms with Gasteiger partial charge < -0.3 is 9.84 Å². The summed E-state index contributed by atoms with van der Waals surface area (Å²) < 4.78 is 35.5. The van der Waals surface area contributed by atoms with Crippen LogP contribution in [0.25, 0.3) is 23.0 Å². The molecular weight excluding hydrogens is 613 g/mol. The van der Waals surface area contributed by atoms with Crippen LogP contribution in [-0.2, 0) is 29.1 Å². The molecule has 3 heterocycles. The van der Waals surface area contributed by atoms with Crippen molar-refractivity contribution < 1.29 is 32.6 Å². The number of piperidine rings is 1. The molecule has 1 N–H and O–H groups in total. The lowest BCUT2D eigenvalue weighted by Crippen LogP contribution is -2.40. The van der Waals surface area contributed by atoms with Crippen molar-refractivity contribution in [3.05, 3.63) is 71.3 Å². The smallest absolute Gasteiger partial charge is 0.323 e. The lowest BCUT2D eigenvalue weighted by molar-refractivity contribution is -0.149. The minimum atomic E-state index is -3.88. The third-order valence-corrected chi connectivity index (χ3v) is 10.3. The Morgan fingerprint density at radius 3 is 2.53 bits per heavy atom. The number of aliphatic carboxylic acids is 1. The molecule has 0 saturated carbocycles. The Bertz CT molecular complexity index is 1710.